The molecule has 2 aliphatic rings. The van der Waals surface area contributed by atoms with Crippen molar-refractivity contribution < 1.29 is 13.2 Å². The van der Waals surface area contributed by atoms with Crippen LogP contribution in [0.4, 0.5) is 0 Å². The predicted molar refractivity (Wildman–Crippen MR) is 131 cm³/mol. The van der Waals surface area contributed by atoms with Gasteiger partial charge in [-0.1, -0.05) is 42.5 Å². The van der Waals surface area contributed by atoms with E-state index in [0.717, 1.165) is 19.6 Å². The number of piperazine rings is 1. The van der Waals surface area contributed by atoms with Gasteiger partial charge in [-0.15, -0.1) is 0 Å². The minimum absolute atomic E-state index is 0.128. The lowest BCUT2D eigenvalue weighted by molar-refractivity contribution is -0.138. The summed E-state index contributed by atoms with van der Waals surface area (Å²) in [5.41, 5.74) is 1.61. The topological polar surface area (TPSA) is 84.7 Å². The zero-order chi connectivity index (χ0) is 24.0. The van der Waals surface area contributed by atoms with Gasteiger partial charge in [0.25, 0.3) is 0 Å². The first kappa shape index (κ1) is 24.1. The lowest BCUT2D eigenvalue weighted by Gasteiger charge is -2.38. The van der Waals surface area contributed by atoms with Crippen molar-refractivity contribution in [3.8, 4) is 6.07 Å². The Morgan fingerprint density at radius 1 is 0.941 bits per heavy atom. The normalized spacial score (nSPS) is 18.7. The summed E-state index contributed by atoms with van der Waals surface area (Å²) in [5.74, 6) is 0.0202. The van der Waals surface area contributed by atoms with Crippen LogP contribution in [0.15, 0.2) is 65.6 Å². The number of benzene rings is 2. The molecule has 0 N–H and O–H groups in total. The first-order chi connectivity index (χ1) is 16.5. The molecular weight excluding hydrogens is 448 g/mol. The van der Waals surface area contributed by atoms with E-state index < -0.39 is 10.0 Å². The molecule has 2 saturated heterocycles. The molecule has 7 nitrogen and oxygen atoms in total. The molecule has 0 bridgehead atoms. The first-order valence-electron chi connectivity index (χ1n) is 11.7. The fraction of sp³-hybridized carbons (Fsp3) is 0.385. The molecule has 0 radical (unpaired) electrons. The lowest BCUT2D eigenvalue weighted by Crippen LogP contribution is -2.51. The second-order valence-electron chi connectivity index (χ2n) is 8.75. The molecule has 2 fully saturated rings. The summed E-state index contributed by atoms with van der Waals surface area (Å²) >= 11 is 0. The van der Waals surface area contributed by atoms with Crippen LogP contribution < -0.4 is 0 Å². The van der Waals surface area contributed by atoms with E-state index in [-0.39, 0.29) is 16.7 Å². The molecule has 0 aliphatic carbocycles. The average molecular weight is 479 g/mol. The molecule has 2 heterocycles. The highest BCUT2D eigenvalue weighted by molar-refractivity contribution is 7.89. The molecule has 0 unspecified atom stereocenters. The molecule has 0 saturated carbocycles. The van der Waals surface area contributed by atoms with Gasteiger partial charge in [0.15, 0.2) is 0 Å². The van der Waals surface area contributed by atoms with Crippen LogP contribution in [-0.2, 0) is 14.8 Å². The highest BCUT2D eigenvalue weighted by atomic mass is 32.2. The minimum Gasteiger partial charge on any atom is -0.340 e. The smallest absolute Gasteiger partial charge is 0.243 e. The third kappa shape index (κ3) is 5.73. The van der Waals surface area contributed by atoms with Gasteiger partial charge in [-0.05, 0) is 42.7 Å². The fourth-order valence-corrected chi connectivity index (χ4v) is 5.97. The fourth-order valence-electron chi connectivity index (χ4n) is 4.50. The number of hydrogen-bond donors (Lipinski definition) is 0. The molecule has 2 aromatic rings. The van der Waals surface area contributed by atoms with Crippen LogP contribution in [-0.4, -0.2) is 74.2 Å². The number of carbonyl (C=O) groups is 1. The zero-order valence-corrected chi connectivity index (χ0v) is 20.0. The largest absolute Gasteiger partial charge is 0.340 e. The van der Waals surface area contributed by atoms with Crippen molar-refractivity contribution in [1.29, 1.82) is 5.26 Å². The standard InChI is InChI=1S/C26H30N4O3S/c27-21-23-8-10-25(11-9-23)34(32,33)30-15-12-24(13-16-30)26(31)29-19-17-28(18-20-29)14-4-7-22-5-2-1-3-6-22/h1-11,24H,12-20H2/b7-4+. The first-order valence-corrected chi connectivity index (χ1v) is 13.1. The van der Waals surface area contributed by atoms with E-state index in [4.69, 9.17) is 5.26 Å². The summed E-state index contributed by atoms with van der Waals surface area (Å²) in [4.78, 5) is 17.5. The quantitative estimate of drug-likeness (QED) is 0.638. The Bertz CT molecular complexity index is 1140. The van der Waals surface area contributed by atoms with Crippen molar-refractivity contribution in [2.45, 2.75) is 17.7 Å². The molecule has 2 aliphatic heterocycles. The van der Waals surface area contributed by atoms with Gasteiger partial charge in [0.05, 0.1) is 16.5 Å². The van der Waals surface area contributed by atoms with Gasteiger partial charge in [-0.3, -0.25) is 9.69 Å². The monoisotopic (exact) mass is 478 g/mol. The summed E-state index contributed by atoms with van der Waals surface area (Å²) in [6.07, 6.45) is 5.36. The number of sulfonamides is 1. The summed E-state index contributed by atoms with van der Waals surface area (Å²) in [5, 5.41) is 8.91. The molecule has 0 atom stereocenters. The summed E-state index contributed by atoms with van der Waals surface area (Å²) in [6, 6.07) is 18.2. The number of rotatable bonds is 6. The number of hydrogen-bond acceptors (Lipinski definition) is 5. The maximum Gasteiger partial charge on any atom is 0.243 e. The van der Waals surface area contributed by atoms with Crippen LogP contribution in [0.2, 0.25) is 0 Å². The van der Waals surface area contributed by atoms with Crippen molar-refractivity contribution in [2.75, 3.05) is 45.8 Å². The third-order valence-corrected chi connectivity index (χ3v) is 8.49. The van der Waals surface area contributed by atoms with E-state index in [2.05, 4.69) is 29.2 Å². The molecule has 0 aromatic heterocycles. The molecule has 178 valence electrons. The maximum atomic E-state index is 13.1. The molecule has 34 heavy (non-hydrogen) atoms. The minimum atomic E-state index is -3.61. The average Bonchev–Trinajstić information content (AvgIpc) is 2.89. The van der Waals surface area contributed by atoms with Crippen LogP contribution in [0.25, 0.3) is 6.08 Å². The number of nitriles is 1. The summed E-state index contributed by atoms with van der Waals surface area (Å²) < 4.78 is 27.3. The molecule has 4 rings (SSSR count). The molecule has 2 aromatic carbocycles. The van der Waals surface area contributed by atoms with Gasteiger partial charge >= 0.3 is 0 Å². The number of piperidine rings is 1. The van der Waals surface area contributed by atoms with E-state index in [0.29, 0.717) is 44.6 Å². The Labute approximate surface area is 201 Å². The SMILES string of the molecule is N#Cc1ccc(S(=O)(=O)N2CCC(C(=O)N3CCN(C/C=C/c4ccccc4)CC3)CC2)cc1. The Kier molecular flexibility index (Phi) is 7.78. The summed E-state index contributed by atoms with van der Waals surface area (Å²) in [7, 11) is -3.61. The van der Waals surface area contributed by atoms with Gasteiger partial charge in [0.2, 0.25) is 15.9 Å². The molecular formula is C26H30N4O3S. The lowest BCUT2D eigenvalue weighted by atomic mass is 9.96. The van der Waals surface area contributed by atoms with Crippen LogP contribution in [0.1, 0.15) is 24.0 Å². The molecule has 8 heteroatoms. The van der Waals surface area contributed by atoms with Gasteiger partial charge < -0.3 is 4.90 Å². The van der Waals surface area contributed by atoms with Crippen LogP contribution >= 0.6 is 0 Å². The third-order valence-electron chi connectivity index (χ3n) is 6.58. The number of amides is 1. The maximum absolute atomic E-state index is 13.1. The van der Waals surface area contributed by atoms with Crippen molar-refractivity contribution in [2.24, 2.45) is 5.92 Å². The Morgan fingerprint density at radius 3 is 2.21 bits per heavy atom. The van der Waals surface area contributed by atoms with E-state index in [1.807, 2.05) is 29.2 Å². The van der Waals surface area contributed by atoms with Crippen LogP contribution in [0.5, 0.6) is 0 Å². The van der Waals surface area contributed by atoms with Gasteiger partial charge in [-0.25, -0.2) is 8.42 Å². The zero-order valence-electron chi connectivity index (χ0n) is 19.2. The van der Waals surface area contributed by atoms with Crippen molar-refractivity contribution >= 4 is 22.0 Å². The molecule has 0 spiro atoms. The van der Waals surface area contributed by atoms with E-state index in [9.17, 15) is 13.2 Å². The highest BCUT2D eigenvalue weighted by Gasteiger charge is 2.34. The second-order valence-corrected chi connectivity index (χ2v) is 10.7. The van der Waals surface area contributed by atoms with Gasteiger partial charge in [0, 0.05) is 51.7 Å². The Hall–Kier alpha value is -2.99. The van der Waals surface area contributed by atoms with E-state index in [1.165, 1.54) is 34.1 Å². The predicted octanol–water partition coefficient (Wildman–Crippen LogP) is 2.82. The number of nitrogens with zero attached hydrogens (tertiary/aromatic N) is 4. The van der Waals surface area contributed by atoms with Crippen molar-refractivity contribution in [3.05, 3.63) is 71.8 Å². The van der Waals surface area contributed by atoms with Crippen molar-refractivity contribution in [3.63, 3.8) is 0 Å². The number of carbonyl (C=O) groups excluding carboxylic acids is 1. The van der Waals surface area contributed by atoms with Crippen molar-refractivity contribution in [1.82, 2.24) is 14.1 Å². The Balaban J connectivity index is 1.24. The highest BCUT2D eigenvalue weighted by Crippen LogP contribution is 2.25. The van der Waals surface area contributed by atoms with Gasteiger partial charge in [-0.2, -0.15) is 9.57 Å². The summed E-state index contributed by atoms with van der Waals surface area (Å²) in [6.45, 7) is 4.64. The Morgan fingerprint density at radius 2 is 1.59 bits per heavy atom. The second kappa shape index (κ2) is 11.0. The van der Waals surface area contributed by atoms with E-state index >= 15 is 0 Å². The van der Waals surface area contributed by atoms with Gasteiger partial charge in [0.1, 0.15) is 0 Å². The van der Waals surface area contributed by atoms with E-state index in [1.54, 1.807) is 0 Å². The molecule has 1 amide bonds. The van der Waals surface area contributed by atoms with Crippen LogP contribution in [0.3, 0.4) is 0 Å². The van der Waals surface area contributed by atoms with Crippen LogP contribution in [0, 0.1) is 17.2 Å².